The summed E-state index contributed by atoms with van der Waals surface area (Å²) in [5, 5.41) is 12.8. The van der Waals surface area contributed by atoms with Gasteiger partial charge in [-0.15, -0.1) is 0 Å². The SMILES string of the molecule is COc1ccc(C(=O)N[C@H](Cc2ccccc2)C2CC(O)C2)cc1C. The number of nitrogens with one attached hydrogen (secondary N) is 1. The molecule has 0 bridgehead atoms. The fourth-order valence-electron chi connectivity index (χ4n) is 3.43. The fourth-order valence-corrected chi connectivity index (χ4v) is 3.43. The summed E-state index contributed by atoms with van der Waals surface area (Å²) in [6, 6.07) is 15.7. The third-order valence-corrected chi connectivity index (χ3v) is 4.99. The van der Waals surface area contributed by atoms with Crippen LogP contribution in [0.2, 0.25) is 0 Å². The Bertz CT molecular complexity index is 723. The molecule has 1 aliphatic rings. The molecule has 0 saturated heterocycles. The van der Waals surface area contributed by atoms with E-state index in [1.54, 1.807) is 13.2 Å². The van der Waals surface area contributed by atoms with Gasteiger partial charge in [-0.05, 0) is 61.4 Å². The van der Waals surface area contributed by atoms with Crippen LogP contribution in [-0.4, -0.2) is 30.3 Å². The highest BCUT2D eigenvalue weighted by molar-refractivity contribution is 5.94. The lowest BCUT2D eigenvalue weighted by molar-refractivity contribution is 0.0239. The molecule has 1 amide bonds. The van der Waals surface area contributed by atoms with Gasteiger partial charge in [0.05, 0.1) is 13.2 Å². The van der Waals surface area contributed by atoms with Gasteiger partial charge in [0.25, 0.3) is 5.91 Å². The summed E-state index contributed by atoms with van der Waals surface area (Å²) in [5.74, 6) is 1.02. The van der Waals surface area contributed by atoms with E-state index in [2.05, 4.69) is 17.4 Å². The standard InChI is InChI=1S/C21H25NO3/c1-14-10-16(8-9-20(14)25-2)21(24)22-19(17-12-18(23)13-17)11-15-6-4-3-5-7-15/h3-10,17-19,23H,11-13H2,1-2H3,(H,22,24)/t17?,18?,19-/m1/s1. The first kappa shape index (κ1) is 17.5. The number of amides is 1. The van der Waals surface area contributed by atoms with Crippen LogP contribution in [0.1, 0.15) is 34.3 Å². The monoisotopic (exact) mass is 339 g/mol. The van der Waals surface area contributed by atoms with Crippen molar-refractivity contribution in [2.45, 2.75) is 38.3 Å². The van der Waals surface area contributed by atoms with E-state index in [9.17, 15) is 9.90 Å². The predicted octanol–water partition coefficient (Wildman–Crippen LogP) is 3.12. The summed E-state index contributed by atoms with van der Waals surface area (Å²) in [6.45, 7) is 1.93. The Hall–Kier alpha value is -2.33. The van der Waals surface area contributed by atoms with E-state index >= 15 is 0 Å². The van der Waals surface area contributed by atoms with Crippen molar-refractivity contribution >= 4 is 5.91 Å². The summed E-state index contributed by atoms with van der Waals surface area (Å²) in [6.07, 6.45) is 2.04. The van der Waals surface area contributed by atoms with Gasteiger partial charge < -0.3 is 15.2 Å². The van der Waals surface area contributed by atoms with Crippen LogP contribution in [0.3, 0.4) is 0 Å². The van der Waals surface area contributed by atoms with Crippen LogP contribution in [0.15, 0.2) is 48.5 Å². The van der Waals surface area contributed by atoms with E-state index < -0.39 is 0 Å². The summed E-state index contributed by atoms with van der Waals surface area (Å²) in [7, 11) is 1.62. The van der Waals surface area contributed by atoms with Crippen LogP contribution in [0.4, 0.5) is 0 Å². The summed E-state index contributed by atoms with van der Waals surface area (Å²) in [5.41, 5.74) is 2.77. The van der Waals surface area contributed by atoms with Crippen molar-refractivity contribution in [2.75, 3.05) is 7.11 Å². The van der Waals surface area contributed by atoms with E-state index in [0.717, 1.165) is 30.6 Å². The topological polar surface area (TPSA) is 58.6 Å². The highest BCUT2D eigenvalue weighted by Gasteiger charge is 2.34. The number of methoxy groups -OCH3 is 1. The number of hydrogen-bond donors (Lipinski definition) is 2. The lowest BCUT2D eigenvalue weighted by Gasteiger charge is -2.38. The van der Waals surface area contributed by atoms with E-state index in [0.29, 0.717) is 11.5 Å². The second kappa shape index (κ2) is 7.70. The van der Waals surface area contributed by atoms with Crippen molar-refractivity contribution in [3.05, 3.63) is 65.2 Å². The zero-order valence-electron chi connectivity index (χ0n) is 14.7. The number of benzene rings is 2. The van der Waals surface area contributed by atoms with Gasteiger partial charge in [-0.3, -0.25) is 4.79 Å². The zero-order chi connectivity index (χ0) is 17.8. The molecule has 1 atom stereocenters. The molecule has 3 rings (SSSR count). The van der Waals surface area contributed by atoms with E-state index in [1.165, 1.54) is 5.56 Å². The molecular weight excluding hydrogens is 314 g/mol. The van der Waals surface area contributed by atoms with Crippen LogP contribution in [-0.2, 0) is 6.42 Å². The van der Waals surface area contributed by atoms with Crippen LogP contribution >= 0.6 is 0 Å². The number of rotatable bonds is 6. The Balaban J connectivity index is 1.73. The number of aliphatic hydroxyl groups excluding tert-OH is 1. The van der Waals surface area contributed by atoms with E-state index in [1.807, 2.05) is 37.3 Å². The number of aryl methyl sites for hydroxylation is 1. The maximum atomic E-state index is 12.7. The Morgan fingerprint density at radius 1 is 1.24 bits per heavy atom. The van der Waals surface area contributed by atoms with Crippen molar-refractivity contribution in [1.29, 1.82) is 0 Å². The molecular formula is C21H25NO3. The molecule has 25 heavy (non-hydrogen) atoms. The summed E-state index contributed by atoms with van der Waals surface area (Å²) in [4.78, 5) is 12.7. The van der Waals surface area contributed by atoms with Crippen LogP contribution in [0, 0.1) is 12.8 Å². The third kappa shape index (κ3) is 4.20. The van der Waals surface area contributed by atoms with Crippen molar-refractivity contribution in [3.8, 4) is 5.75 Å². The van der Waals surface area contributed by atoms with Crippen molar-refractivity contribution in [2.24, 2.45) is 5.92 Å². The molecule has 0 radical (unpaired) electrons. The maximum Gasteiger partial charge on any atom is 0.251 e. The minimum absolute atomic E-state index is 0.0284. The molecule has 2 N–H and O–H groups in total. The maximum absolute atomic E-state index is 12.7. The van der Waals surface area contributed by atoms with E-state index in [-0.39, 0.29) is 18.1 Å². The Morgan fingerprint density at radius 3 is 2.56 bits per heavy atom. The Labute approximate surface area is 148 Å². The van der Waals surface area contributed by atoms with Crippen LogP contribution < -0.4 is 10.1 Å². The average molecular weight is 339 g/mol. The van der Waals surface area contributed by atoms with Crippen LogP contribution in [0.5, 0.6) is 5.75 Å². The van der Waals surface area contributed by atoms with Gasteiger partial charge in [-0.25, -0.2) is 0 Å². The summed E-state index contributed by atoms with van der Waals surface area (Å²) < 4.78 is 5.26. The molecule has 4 heteroatoms. The van der Waals surface area contributed by atoms with Gasteiger partial charge in [0, 0.05) is 11.6 Å². The summed E-state index contributed by atoms with van der Waals surface area (Å²) >= 11 is 0. The number of carbonyl (C=O) groups is 1. The lowest BCUT2D eigenvalue weighted by Crippen LogP contribution is -2.48. The van der Waals surface area contributed by atoms with Crippen molar-refractivity contribution < 1.29 is 14.6 Å². The quantitative estimate of drug-likeness (QED) is 0.850. The largest absolute Gasteiger partial charge is 0.496 e. The van der Waals surface area contributed by atoms with Gasteiger partial charge in [-0.2, -0.15) is 0 Å². The molecule has 0 spiro atoms. The second-order valence-corrected chi connectivity index (χ2v) is 6.84. The zero-order valence-corrected chi connectivity index (χ0v) is 14.7. The van der Waals surface area contributed by atoms with Gasteiger partial charge in [-0.1, -0.05) is 30.3 Å². The number of ether oxygens (including phenoxy) is 1. The average Bonchev–Trinajstić information content (AvgIpc) is 2.59. The molecule has 1 aliphatic carbocycles. The molecule has 1 fully saturated rings. The smallest absolute Gasteiger partial charge is 0.251 e. The number of hydrogen-bond acceptors (Lipinski definition) is 3. The lowest BCUT2D eigenvalue weighted by atomic mass is 9.75. The van der Waals surface area contributed by atoms with Gasteiger partial charge >= 0.3 is 0 Å². The molecule has 2 aromatic carbocycles. The molecule has 0 unspecified atom stereocenters. The predicted molar refractivity (Wildman–Crippen MR) is 97.9 cm³/mol. The molecule has 0 aliphatic heterocycles. The first-order chi connectivity index (χ1) is 12.1. The highest BCUT2D eigenvalue weighted by Crippen LogP contribution is 2.32. The minimum Gasteiger partial charge on any atom is -0.496 e. The normalized spacial score (nSPS) is 20.4. The van der Waals surface area contributed by atoms with Crippen molar-refractivity contribution in [3.63, 3.8) is 0 Å². The number of carbonyl (C=O) groups excluding carboxylic acids is 1. The molecule has 0 aromatic heterocycles. The fraction of sp³-hybridized carbons (Fsp3) is 0.381. The third-order valence-electron chi connectivity index (χ3n) is 4.99. The Kier molecular flexibility index (Phi) is 5.39. The molecule has 1 saturated carbocycles. The molecule has 2 aromatic rings. The molecule has 0 heterocycles. The Morgan fingerprint density at radius 2 is 1.96 bits per heavy atom. The minimum atomic E-state index is -0.233. The first-order valence-corrected chi connectivity index (χ1v) is 8.74. The molecule has 132 valence electrons. The van der Waals surface area contributed by atoms with Crippen molar-refractivity contribution in [1.82, 2.24) is 5.32 Å². The first-order valence-electron chi connectivity index (χ1n) is 8.74. The van der Waals surface area contributed by atoms with Gasteiger partial charge in [0.15, 0.2) is 0 Å². The van der Waals surface area contributed by atoms with Gasteiger partial charge in [0.1, 0.15) is 5.75 Å². The second-order valence-electron chi connectivity index (χ2n) is 6.84. The van der Waals surface area contributed by atoms with E-state index in [4.69, 9.17) is 4.74 Å². The number of aliphatic hydroxyl groups is 1. The highest BCUT2D eigenvalue weighted by atomic mass is 16.5. The van der Waals surface area contributed by atoms with Gasteiger partial charge in [0.2, 0.25) is 0 Å². The van der Waals surface area contributed by atoms with Crippen LogP contribution in [0.25, 0.3) is 0 Å². The molecule has 4 nitrogen and oxygen atoms in total.